The van der Waals surface area contributed by atoms with Crippen LogP contribution >= 0.6 is 0 Å². The number of aromatic nitrogens is 4. The third kappa shape index (κ3) is 8.95. The van der Waals surface area contributed by atoms with E-state index in [4.69, 9.17) is 27.6 Å². The van der Waals surface area contributed by atoms with Crippen molar-refractivity contribution in [3.8, 4) is 45.4 Å². The first-order chi connectivity index (χ1) is 51.5. The predicted molar refractivity (Wildman–Crippen MR) is 425 cm³/mol. The molecular formula is C94H56N6O4. The van der Waals surface area contributed by atoms with Crippen molar-refractivity contribution in [2.75, 3.05) is 9.80 Å². The average molecular weight is 1330 g/mol. The van der Waals surface area contributed by atoms with E-state index in [-0.39, 0.29) is 0 Å². The standard InChI is InChI=1S/C94H56N6O4/c1-3-17-61(18-4-1)94-96-91-87(103-94)51-40-59-19-15-29-82(89(59)91)98(68-43-47-73-71-25-9-13-31-84(71)102-88(73)56-68)66-45-50-81-75(54-66)70-24-8-12-28-79(70)100(81)64-41-37-58(38-42-64)57-33-35-62(36-34-57)93-95-77-48-39-60-20-16-30-83(90(60)92(77)104-93)97(67-46-52-86-76(55-67)72-26-10-14-32-85(72)101-86)65-44-49-80-74(53-65)69-23-7-11-27-78(69)99(80)63-21-5-2-6-22-63/h1-56H. The highest BCUT2D eigenvalue weighted by Crippen LogP contribution is 2.49. The lowest BCUT2D eigenvalue weighted by atomic mass is 10.0. The number of hydrogen-bond donors (Lipinski definition) is 0. The molecule has 0 fully saturated rings. The highest BCUT2D eigenvalue weighted by atomic mass is 16.4. The molecule has 0 unspecified atom stereocenters. The van der Waals surface area contributed by atoms with Gasteiger partial charge in [-0.2, -0.15) is 0 Å². The number of anilines is 6. The van der Waals surface area contributed by atoms with Crippen LogP contribution in [0.1, 0.15) is 0 Å². The van der Waals surface area contributed by atoms with E-state index in [2.05, 4.69) is 298 Å². The summed E-state index contributed by atoms with van der Waals surface area (Å²) in [6.45, 7) is 0. The van der Waals surface area contributed by atoms with Gasteiger partial charge in [-0.15, -0.1) is 0 Å². The van der Waals surface area contributed by atoms with E-state index in [1.54, 1.807) is 0 Å². The summed E-state index contributed by atoms with van der Waals surface area (Å²) in [6, 6.07) is 120. The molecule has 22 aromatic rings. The van der Waals surface area contributed by atoms with E-state index in [1.165, 1.54) is 5.39 Å². The molecule has 0 aliphatic heterocycles. The number of nitrogens with zero attached hydrogens (tertiary/aromatic N) is 6. The molecular weight excluding hydrogens is 1280 g/mol. The maximum Gasteiger partial charge on any atom is 0.227 e. The monoisotopic (exact) mass is 1330 g/mol. The second-order valence-corrected chi connectivity index (χ2v) is 26.8. The highest BCUT2D eigenvalue weighted by molar-refractivity contribution is 6.18. The van der Waals surface area contributed by atoms with Crippen molar-refractivity contribution in [1.82, 2.24) is 19.1 Å². The topological polar surface area (TPSA) is 94.7 Å². The van der Waals surface area contributed by atoms with E-state index in [0.29, 0.717) is 17.4 Å². The Morgan fingerprint density at radius 3 is 1.38 bits per heavy atom. The van der Waals surface area contributed by atoms with Gasteiger partial charge in [0, 0.05) is 99.8 Å². The number of oxazole rings is 2. The Morgan fingerprint density at radius 1 is 0.250 bits per heavy atom. The fourth-order valence-electron chi connectivity index (χ4n) is 16.2. The van der Waals surface area contributed by atoms with Gasteiger partial charge in [-0.25, -0.2) is 9.97 Å². The third-order valence-corrected chi connectivity index (χ3v) is 20.9. The molecule has 0 radical (unpaired) electrons. The Kier molecular flexibility index (Phi) is 12.6. The van der Waals surface area contributed by atoms with Crippen LogP contribution in [-0.4, -0.2) is 19.1 Å². The van der Waals surface area contributed by atoms with Crippen molar-refractivity contribution in [3.05, 3.63) is 340 Å². The van der Waals surface area contributed by atoms with Crippen LogP contribution in [0.15, 0.2) is 357 Å². The van der Waals surface area contributed by atoms with Crippen molar-refractivity contribution in [2.24, 2.45) is 0 Å². The quantitative estimate of drug-likeness (QED) is 0.126. The third-order valence-electron chi connectivity index (χ3n) is 20.9. The van der Waals surface area contributed by atoms with Gasteiger partial charge in [0.05, 0.1) is 38.8 Å². The summed E-state index contributed by atoms with van der Waals surface area (Å²) in [7, 11) is 0. The summed E-state index contributed by atoms with van der Waals surface area (Å²) in [5.41, 5.74) is 22.8. The van der Waals surface area contributed by atoms with Crippen molar-refractivity contribution >= 4 is 165 Å². The summed E-state index contributed by atoms with van der Waals surface area (Å²) in [4.78, 5) is 15.2. The minimum Gasteiger partial charge on any atom is -0.456 e. The smallest absolute Gasteiger partial charge is 0.227 e. The van der Waals surface area contributed by atoms with E-state index in [9.17, 15) is 0 Å². The summed E-state index contributed by atoms with van der Waals surface area (Å²) >= 11 is 0. The van der Waals surface area contributed by atoms with Gasteiger partial charge in [0.25, 0.3) is 0 Å². The van der Waals surface area contributed by atoms with Crippen LogP contribution in [0.25, 0.3) is 177 Å². The van der Waals surface area contributed by atoms with E-state index < -0.39 is 0 Å². The molecule has 22 rings (SSSR count). The largest absolute Gasteiger partial charge is 0.456 e. The first kappa shape index (κ1) is 57.7. The normalized spacial score (nSPS) is 12.0. The molecule has 0 amide bonds. The average Bonchev–Trinajstić information content (AvgIpc) is 1.50. The molecule has 0 atom stereocenters. The number of fused-ring (bicyclic) bond motifs is 18. The minimum atomic E-state index is 0.545. The summed E-state index contributed by atoms with van der Waals surface area (Å²) in [5.74, 6) is 1.12. The number of benzene rings is 16. The molecule has 10 nitrogen and oxygen atoms in total. The highest BCUT2D eigenvalue weighted by Gasteiger charge is 2.26. The number of para-hydroxylation sites is 5. The predicted octanol–water partition coefficient (Wildman–Crippen LogP) is 26.2. The van der Waals surface area contributed by atoms with Crippen molar-refractivity contribution in [1.29, 1.82) is 0 Å². The Hall–Kier alpha value is -14.2. The zero-order valence-electron chi connectivity index (χ0n) is 55.6. The van der Waals surface area contributed by atoms with Gasteiger partial charge in [0.15, 0.2) is 11.2 Å². The molecule has 6 heterocycles. The number of hydrogen-bond acceptors (Lipinski definition) is 8. The molecule has 16 aromatic carbocycles. The van der Waals surface area contributed by atoms with Gasteiger partial charge in [-0.3, -0.25) is 0 Å². The first-order valence-electron chi connectivity index (χ1n) is 35.0. The van der Waals surface area contributed by atoms with Crippen LogP contribution in [0.3, 0.4) is 0 Å². The van der Waals surface area contributed by atoms with Gasteiger partial charge in [0.2, 0.25) is 11.8 Å². The van der Waals surface area contributed by atoms with Crippen LogP contribution in [-0.2, 0) is 0 Å². The van der Waals surface area contributed by atoms with Crippen LogP contribution < -0.4 is 9.80 Å². The van der Waals surface area contributed by atoms with Gasteiger partial charge in [-0.05, 0) is 186 Å². The molecule has 0 aliphatic rings. The molecule has 0 spiro atoms. The molecule has 0 saturated heterocycles. The number of furan rings is 2. The van der Waals surface area contributed by atoms with Gasteiger partial charge < -0.3 is 36.6 Å². The minimum absolute atomic E-state index is 0.545. The molecule has 0 bridgehead atoms. The van der Waals surface area contributed by atoms with Crippen LogP contribution in [0.4, 0.5) is 34.1 Å². The van der Waals surface area contributed by atoms with Crippen molar-refractivity contribution < 1.29 is 17.7 Å². The molecule has 0 aliphatic carbocycles. The van der Waals surface area contributed by atoms with Gasteiger partial charge in [-0.1, -0.05) is 170 Å². The molecule has 6 aromatic heterocycles. The van der Waals surface area contributed by atoms with Crippen LogP contribution in [0, 0.1) is 0 Å². The van der Waals surface area contributed by atoms with Crippen molar-refractivity contribution in [2.45, 2.75) is 0 Å². The van der Waals surface area contributed by atoms with Crippen LogP contribution in [0.2, 0.25) is 0 Å². The molecule has 0 N–H and O–H groups in total. The van der Waals surface area contributed by atoms with Crippen LogP contribution in [0.5, 0.6) is 0 Å². The van der Waals surface area contributed by atoms with Crippen molar-refractivity contribution in [3.63, 3.8) is 0 Å². The Bertz CT molecular complexity index is 7240. The fourth-order valence-corrected chi connectivity index (χ4v) is 16.2. The van der Waals surface area contributed by atoms with E-state index in [1.807, 2.05) is 60.7 Å². The molecule has 0 saturated carbocycles. The Balaban J connectivity index is 0.623. The maximum atomic E-state index is 7.07. The SMILES string of the molecule is c1ccc(-c2nc3c(ccc4cccc(N(c5ccc6c(c5)oc5ccccc56)c5ccc6c(c5)c5ccccc5n6-c5ccc(-c6ccc(-c7nc8ccc9cccc(N(c%10ccc%11oc%12ccccc%12c%11c%10)c%10ccc%11c(c%10)c%10ccccc%10n%11-c%10ccccc%10)c9c8o7)cc6)cc5)c43)o2)cc1. The zero-order chi connectivity index (χ0) is 68.1. The summed E-state index contributed by atoms with van der Waals surface area (Å²) < 4.78 is 31.3. The second kappa shape index (κ2) is 22.7. The maximum absolute atomic E-state index is 7.07. The fraction of sp³-hybridized carbons (Fsp3) is 0. The Morgan fingerprint density at radius 2 is 0.702 bits per heavy atom. The Labute approximate surface area is 593 Å². The van der Waals surface area contributed by atoms with Gasteiger partial charge >= 0.3 is 0 Å². The molecule has 104 heavy (non-hydrogen) atoms. The lowest BCUT2D eigenvalue weighted by Gasteiger charge is -2.27. The summed E-state index contributed by atoms with van der Waals surface area (Å²) in [6.07, 6.45) is 0. The van der Waals surface area contributed by atoms with Gasteiger partial charge in [0.1, 0.15) is 33.4 Å². The first-order valence-corrected chi connectivity index (χ1v) is 35.0. The zero-order valence-corrected chi connectivity index (χ0v) is 55.6. The van der Waals surface area contributed by atoms with E-state index in [0.717, 1.165) is 188 Å². The lowest BCUT2D eigenvalue weighted by Crippen LogP contribution is -2.10. The lowest BCUT2D eigenvalue weighted by molar-refractivity contribution is 0.620. The second-order valence-electron chi connectivity index (χ2n) is 26.8. The number of rotatable bonds is 11. The van der Waals surface area contributed by atoms with E-state index >= 15 is 0 Å². The summed E-state index contributed by atoms with van der Waals surface area (Å²) in [5, 5.41) is 12.9. The molecule has 10 heteroatoms. The molecule has 486 valence electrons.